The van der Waals surface area contributed by atoms with Gasteiger partial charge in [-0.3, -0.25) is 4.79 Å². The number of carbonyl (C=O) groups excluding carboxylic acids is 1. The summed E-state index contributed by atoms with van der Waals surface area (Å²) in [6.07, 6.45) is 2.14. The van der Waals surface area contributed by atoms with Crippen molar-refractivity contribution in [3.8, 4) is 0 Å². The molecule has 1 N–H and O–H groups in total. The van der Waals surface area contributed by atoms with Gasteiger partial charge in [0, 0.05) is 23.7 Å². The fourth-order valence-electron chi connectivity index (χ4n) is 3.72. The van der Waals surface area contributed by atoms with Crippen molar-refractivity contribution in [2.24, 2.45) is 10.2 Å². The molecule has 1 atom stereocenters. The van der Waals surface area contributed by atoms with Gasteiger partial charge in [-0.1, -0.05) is 78.1 Å². The molecule has 186 valence electrons. The lowest BCUT2D eigenvalue weighted by atomic mass is 10.1. The molecule has 0 aromatic heterocycles. The average molecular weight is 525 g/mol. The Morgan fingerprint density at radius 2 is 1.75 bits per heavy atom. The highest BCUT2D eigenvalue weighted by atomic mass is 32.2. The monoisotopic (exact) mass is 524 g/mol. The van der Waals surface area contributed by atoms with Gasteiger partial charge < -0.3 is 10.2 Å². The van der Waals surface area contributed by atoms with Gasteiger partial charge in [0.1, 0.15) is 0 Å². The van der Waals surface area contributed by atoms with E-state index < -0.39 is 5.76 Å². The predicted octanol–water partition coefficient (Wildman–Crippen LogP) is 6.19. The van der Waals surface area contributed by atoms with Crippen molar-refractivity contribution in [1.82, 2.24) is 5.32 Å². The molecule has 1 heterocycles. The molecule has 1 unspecified atom stereocenters. The zero-order chi connectivity index (χ0) is 25.3. The van der Waals surface area contributed by atoms with Gasteiger partial charge in [-0.2, -0.15) is 13.9 Å². The number of nitrogens with one attached hydrogen (secondary N) is 1. The summed E-state index contributed by atoms with van der Waals surface area (Å²) >= 11 is 1.82. The number of halogens is 2. The number of thioether (sulfide) groups is 2. The molecule has 0 saturated carbocycles. The first kappa shape index (κ1) is 25.9. The Hall–Kier alpha value is -3.17. The van der Waals surface area contributed by atoms with Crippen LogP contribution < -0.4 is 10.2 Å². The van der Waals surface area contributed by atoms with E-state index in [2.05, 4.69) is 51.6 Å². The summed E-state index contributed by atoms with van der Waals surface area (Å²) in [6.45, 7) is 3.87. The SMILES string of the molecule is CCN(Cc1ccccc1)c1ccc(C=N/N=C2\NC(=O)C(Cc3ccc(SC(F)F)cc3)S2)cc1. The van der Waals surface area contributed by atoms with Crippen LogP contribution in [-0.2, 0) is 17.8 Å². The first-order valence-electron chi connectivity index (χ1n) is 11.5. The number of rotatable bonds is 10. The number of alkyl halides is 2. The van der Waals surface area contributed by atoms with Crippen LogP contribution in [0.5, 0.6) is 0 Å². The number of hydrogen-bond donors (Lipinski definition) is 1. The lowest BCUT2D eigenvalue weighted by Gasteiger charge is -2.23. The maximum Gasteiger partial charge on any atom is 0.288 e. The second-order valence-corrected chi connectivity index (χ2v) is 10.3. The summed E-state index contributed by atoms with van der Waals surface area (Å²) < 4.78 is 24.9. The third-order valence-electron chi connectivity index (χ3n) is 5.56. The van der Waals surface area contributed by atoms with E-state index in [0.29, 0.717) is 28.2 Å². The van der Waals surface area contributed by atoms with Gasteiger partial charge >= 0.3 is 0 Å². The molecule has 4 rings (SSSR count). The average Bonchev–Trinajstić information content (AvgIpc) is 3.23. The van der Waals surface area contributed by atoms with Crippen LogP contribution in [0.25, 0.3) is 0 Å². The first-order chi connectivity index (χ1) is 17.5. The summed E-state index contributed by atoms with van der Waals surface area (Å²) in [5.74, 6) is -2.59. The highest BCUT2D eigenvalue weighted by Gasteiger charge is 2.30. The molecule has 36 heavy (non-hydrogen) atoms. The van der Waals surface area contributed by atoms with Gasteiger partial charge in [-0.05, 0) is 54.3 Å². The minimum Gasteiger partial charge on any atom is -0.367 e. The van der Waals surface area contributed by atoms with Crippen molar-refractivity contribution < 1.29 is 13.6 Å². The maximum absolute atomic E-state index is 12.5. The summed E-state index contributed by atoms with van der Waals surface area (Å²) in [4.78, 5) is 15.1. The molecule has 5 nitrogen and oxygen atoms in total. The lowest BCUT2D eigenvalue weighted by molar-refractivity contribution is -0.118. The number of nitrogens with zero attached hydrogens (tertiary/aromatic N) is 3. The molecular weight excluding hydrogens is 498 g/mol. The maximum atomic E-state index is 12.5. The van der Waals surface area contributed by atoms with E-state index in [1.807, 2.05) is 30.3 Å². The number of amides is 1. The number of hydrogen-bond acceptors (Lipinski definition) is 6. The van der Waals surface area contributed by atoms with E-state index in [1.165, 1.54) is 17.3 Å². The van der Waals surface area contributed by atoms with Crippen molar-refractivity contribution in [1.29, 1.82) is 0 Å². The van der Waals surface area contributed by atoms with Crippen LogP contribution in [0.15, 0.2) is 94.0 Å². The molecule has 0 aliphatic carbocycles. The van der Waals surface area contributed by atoms with Crippen LogP contribution >= 0.6 is 23.5 Å². The van der Waals surface area contributed by atoms with Crippen LogP contribution in [0.4, 0.5) is 14.5 Å². The molecular formula is C27H26F2N4OS2. The minimum absolute atomic E-state index is 0.137. The van der Waals surface area contributed by atoms with E-state index in [0.717, 1.165) is 29.9 Å². The molecule has 0 radical (unpaired) electrons. The summed E-state index contributed by atoms with van der Waals surface area (Å²) in [5, 5.41) is 11.2. The lowest BCUT2D eigenvalue weighted by Crippen LogP contribution is -2.25. The highest BCUT2D eigenvalue weighted by Crippen LogP contribution is 2.27. The quantitative estimate of drug-likeness (QED) is 0.195. The van der Waals surface area contributed by atoms with Gasteiger partial charge in [0.15, 0.2) is 5.17 Å². The molecule has 9 heteroatoms. The van der Waals surface area contributed by atoms with Crippen molar-refractivity contribution in [3.63, 3.8) is 0 Å². The molecule has 3 aromatic rings. The highest BCUT2D eigenvalue weighted by molar-refractivity contribution is 8.15. The van der Waals surface area contributed by atoms with E-state index in [1.54, 1.807) is 30.5 Å². The van der Waals surface area contributed by atoms with Gasteiger partial charge in [0.05, 0.1) is 11.5 Å². The molecule has 3 aromatic carbocycles. The molecule has 1 aliphatic rings. The fourth-order valence-corrected chi connectivity index (χ4v) is 5.18. The van der Waals surface area contributed by atoms with Gasteiger partial charge in [0.2, 0.25) is 5.91 Å². The van der Waals surface area contributed by atoms with E-state index in [9.17, 15) is 13.6 Å². The Balaban J connectivity index is 1.31. The minimum atomic E-state index is -2.45. The number of benzene rings is 3. The summed E-state index contributed by atoms with van der Waals surface area (Å²) in [7, 11) is 0. The smallest absolute Gasteiger partial charge is 0.288 e. The number of anilines is 1. The Labute approximate surface area is 218 Å². The fraction of sp³-hybridized carbons (Fsp3) is 0.222. The Bertz CT molecular complexity index is 1200. The number of amidine groups is 1. The summed E-state index contributed by atoms with van der Waals surface area (Å²) in [6, 6.07) is 25.3. The van der Waals surface area contributed by atoms with Gasteiger partial charge in [-0.25, -0.2) is 0 Å². The normalized spacial score (nSPS) is 16.7. The molecule has 1 amide bonds. The summed E-state index contributed by atoms with van der Waals surface area (Å²) in [5.41, 5.74) is 4.20. The predicted molar refractivity (Wildman–Crippen MR) is 146 cm³/mol. The second-order valence-electron chi connectivity index (χ2n) is 8.06. The zero-order valence-electron chi connectivity index (χ0n) is 19.7. The van der Waals surface area contributed by atoms with Crippen molar-refractivity contribution in [3.05, 3.63) is 95.6 Å². The van der Waals surface area contributed by atoms with E-state index >= 15 is 0 Å². The first-order valence-corrected chi connectivity index (χ1v) is 13.3. The number of carbonyl (C=O) groups is 1. The topological polar surface area (TPSA) is 57.1 Å². The molecule has 1 aliphatic heterocycles. The van der Waals surface area contributed by atoms with E-state index in [-0.39, 0.29) is 11.2 Å². The Kier molecular flexibility index (Phi) is 9.13. The van der Waals surface area contributed by atoms with Crippen molar-refractivity contribution in [2.45, 2.75) is 35.8 Å². The van der Waals surface area contributed by atoms with Crippen LogP contribution in [0, 0.1) is 0 Å². The van der Waals surface area contributed by atoms with Crippen LogP contribution in [0.1, 0.15) is 23.6 Å². The third kappa shape index (κ3) is 7.41. The van der Waals surface area contributed by atoms with Crippen molar-refractivity contribution >= 4 is 46.5 Å². The molecule has 0 spiro atoms. The van der Waals surface area contributed by atoms with Gasteiger partial charge in [0.25, 0.3) is 5.76 Å². The van der Waals surface area contributed by atoms with Gasteiger partial charge in [-0.15, -0.1) is 5.10 Å². The largest absolute Gasteiger partial charge is 0.367 e. The third-order valence-corrected chi connectivity index (χ3v) is 7.35. The van der Waals surface area contributed by atoms with Crippen LogP contribution in [-0.4, -0.2) is 34.8 Å². The van der Waals surface area contributed by atoms with Crippen LogP contribution in [0.3, 0.4) is 0 Å². The Morgan fingerprint density at radius 3 is 2.42 bits per heavy atom. The Morgan fingerprint density at radius 1 is 1.03 bits per heavy atom. The molecule has 0 bridgehead atoms. The zero-order valence-corrected chi connectivity index (χ0v) is 21.3. The molecule has 1 fully saturated rings. The van der Waals surface area contributed by atoms with Crippen LogP contribution in [0.2, 0.25) is 0 Å². The molecule has 1 saturated heterocycles. The second kappa shape index (κ2) is 12.7. The standard InChI is InChI=1S/C27H26F2N4OS2/c1-2-33(18-21-6-4-3-5-7-21)22-12-8-20(9-13-22)17-30-32-27-31-25(34)24(36-27)16-19-10-14-23(15-11-19)35-26(28)29/h3-15,17,24,26H,2,16,18H2,1H3,(H,31,32,34). The van der Waals surface area contributed by atoms with Crippen molar-refractivity contribution in [2.75, 3.05) is 11.4 Å². The van der Waals surface area contributed by atoms with E-state index in [4.69, 9.17) is 0 Å².